The Morgan fingerprint density at radius 2 is 1.41 bits per heavy atom. The Balaban J connectivity index is 1.65. The van der Waals surface area contributed by atoms with Crippen LogP contribution < -0.4 is 20.1 Å². The Hall–Kier alpha value is -2.36. The molecule has 0 fully saturated rings. The van der Waals surface area contributed by atoms with Crippen LogP contribution >= 0.6 is 0 Å². The molecule has 0 aromatic heterocycles. The van der Waals surface area contributed by atoms with E-state index >= 15 is 0 Å². The van der Waals surface area contributed by atoms with Gasteiger partial charge in [-0.05, 0) is 49.2 Å². The van der Waals surface area contributed by atoms with E-state index in [9.17, 15) is 0 Å². The first-order valence-electron chi connectivity index (χ1n) is 10.2. The minimum absolute atomic E-state index is 0.762. The fraction of sp³-hybridized carbons (Fsp3) is 0.478. The molecule has 2 aromatic carbocycles. The molecule has 0 atom stereocenters. The molecular weight excluding hydrogens is 336 g/mol. The van der Waals surface area contributed by atoms with Gasteiger partial charge in [0.15, 0.2) is 0 Å². The van der Waals surface area contributed by atoms with Crippen LogP contribution in [0.15, 0.2) is 48.5 Å². The quantitative estimate of drug-likeness (QED) is 0.403. The van der Waals surface area contributed by atoms with Crippen molar-refractivity contribution in [3.8, 4) is 11.5 Å². The molecular formula is C23H34N2O2. The van der Waals surface area contributed by atoms with Gasteiger partial charge in [-0.15, -0.1) is 0 Å². The van der Waals surface area contributed by atoms with Crippen LogP contribution in [0.1, 0.15) is 46.0 Å². The maximum absolute atomic E-state index is 5.84. The Morgan fingerprint density at radius 1 is 0.667 bits per heavy atom. The summed E-state index contributed by atoms with van der Waals surface area (Å²) >= 11 is 0. The summed E-state index contributed by atoms with van der Waals surface area (Å²) in [6, 6.07) is 16.3. The number of anilines is 2. The van der Waals surface area contributed by atoms with Crippen molar-refractivity contribution >= 4 is 11.4 Å². The second-order valence-corrected chi connectivity index (χ2v) is 6.66. The third kappa shape index (κ3) is 8.72. The van der Waals surface area contributed by atoms with E-state index in [1.165, 1.54) is 19.3 Å². The molecule has 4 heteroatoms. The zero-order valence-corrected chi connectivity index (χ0v) is 16.8. The Bertz CT molecular complexity index is 629. The van der Waals surface area contributed by atoms with Crippen molar-refractivity contribution in [2.24, 2.45) is 0 Å². The molecule has 2 N–H and O–H groups in total. The van der Waals surface area contributed by atoms with Crippen molar-refractivity contribution in [2.45, 2.75) is 46.0 Å². The summed E-state index contributed by atoms with van der Waals surface area (Å²) in [6.45, 7) is 7.58. The second kappa shape index (κ2) is 12.9. The maximum Gasteiger partial charge on any atom is 0.121 e. The highest BCUT2D eigenvalue weighted by atomic mass is 16.5. The van der Waals surface area contributed by atoms with Gasteiger partial charge in [0.1, 0.15) is 11.5 Å². The van der Waals surface area contributed by atoms with Crippen LogP contribution in [-0.4, -0.2) is 26.3 Å². The molecule has 0 heterocycles. The van der Waals surface area contributed by atoms with Crippen LogP contribution in [0.3, 0.4) is 0 Å². The van der Waals surface area contributed by atoms with Crippen LogP contribution in [-0.2, 0) is 0 Å². The van der Waals surface area contributed by atoms with Gasteiger partial charge in [0.2, 0.25) is 0 Å². The van der Waals surface area contributed by atoms with Gasteiger partial charge in [-0.1, -0.05) is 39.2 Å². The van der Waals surface area contributed by atoms with Crippen molar-refractivity contribution in [3.05, 3.63) is 48.5 Å². The average Bonchev–Trinajstić information content (AvgIpc) is 2.71. The van der Waals surface area contributed by atoms with Crippen LogP contribution in [0, 0.1) is 0 Å². The van der Waals surface area contributed by atoms with E-state index in [1.807, 2.05) is 24.3 Å². The molecule has 2 rings (SSSR count). The Kier molecular flexibility index (Phi) is 10.0. The molecule has 0 aliphatic heterocycles. The second-order valence-electron chi connectivity index (χ2n) is 6.66. The van der Waals surface area contributed by atoms with Gasteiger partial charge in [0.05, 0.1) is 13.2 Å². The molecule has 0 saturated carbocycles. The summed E-state index contributed by atoms with van der Waals surface area (Å²) in [4.78, 5) is 0. The van der Waals surface area contributed by atoms with E-state index in [0.29, 0.717) is 0 Å². The van der Waals surface area contributed by atoms with E-state index in [-0.39, 0.29) is 0 Å². The molecule has 0 unspecified atom stereocenters. The van der Waals surface area contributed by atoms with Gasteiger partial charge in [0.25, 0.3) is 0 Å². The molecule has 0 bridgehead atoms. The summed E-state index contributed by atoms with van der Waals surface area (Å²) in [7, 11) is 0. The number of hydrogen-bond acceptors (Lipinski definition) is 4. The van der Waals surface area contributed by atoms with E-state index in [4.69, 9.17) is 9.47 Å². The lowest BCUT2D eigenvalue weighted by atomic mass is 10.2. The number of nitrogens with one attached hydrogen (secondary N) is 2. The molecule has 0 aliphatic rings. The first-order valence-corrected chi connectivity index (χ1v) is 10.2. The zero-order valence-electron chi connectivity index (χ0n) is 16.8. The molecule has 0 spiro atoms. The third-order valence-corrected chi connectivity index (χ3v) is 4.21. The predicted molar refractivity (Wildman–Crippen MR) is 115 cm³/mol. The van der Waals surface area contributed by atoms with Gasteiger partial charge in [0, 0.05) is 30.5 Å². The lowest BCUT2D eigenvalue weighted by molar-refractivity contribution is 0.305. The van der Waals surface area contributed by atoms with Gasteiger partial charge in [-0.2, -0.15) is 0 Å². The monoisotopic (exact) mass is 370 g/mol. The van der Waals surface area contributed by atoms with Crippen LogP contribution in [0.2, 0.25) is 0 Å². The standard InChI is InChI=1S/C23H34N2O2/c1-3-5-6-7-18-27-23-10-8-9-21(19-23)25-16-15-24-20-11-13-22(14-12-20)26-17-4-2/h8-14,19,24-25H,3-7,15-18H2,1-2H3. The number of hydrogen-bond donors (Lipinski definition) is 2. The third-order valence-electron chi connectivity index (χ3n) is 4.21. The first kappa shape index (κ1) is 20.9. The van der Waals surface area contributed by atoms with E-state index in [0.717, 1.165) is 62.0 Å². The SMILES string of the molecule is CCCCCCOc1cccc(NCCNc2ccc(OCCC)cc2)c1. The number of rotatable bonds is 14. The number of benzene rings is 2. The summed E-state index contributed by atoms with van der Waals surface area (Å²) in [5.74, 6) is 1.86. The number of unbranched alkanes of at least 4 members (excludes halogenated alkanes) is 3. The van der Waals surface area contributed by atoms with Crippen molar-refractivity contribution in [2.75, 3.05) is 36.9 Å². The normalized spacial score (nSPS) is 10.4. The van der Waals surface area contributed by atoms with Gasteiger partial charge >= 0.3 is 0 Å². The highest BCUT2D eigenvalue weighted by molar-refractivity contribution is 5.49. The topological polar surface area (TPSA) is 42.5 Å². The molecule has 4 nitrogen and oxygen atoms in total. The molecule has 0 aliphatic carbocycles. The molecule has 0 saturated heterocycles. The van der Waals surface area contributed by atoms with Gasteiger partial charge in [-0.25, -0.2) is 0 Å². The predicted octanol–water partition coefficient (Wildman–Crippen LogP) is 5.96. The van der Waals surface area contributed by atoms with Crippen molar-refractivity contribution < 1.29 is 9.47 Å². The first-order chi connectivity index (χ1) is 13.3. The van der Waals surface area contributed by atoms with Crippen molar-refractivity contribution in [1.82, 2.24) is 0 Å². The molecule has 0 radical (unpaired) electrons. The Labute approximate surface area is 164 Å². The lowest BCUT2D eigenvalue weighted by Crippen LogP contribution is -2.13. The van der Waals surface area contributed by atoms with Crippen LogP contribution in [0.4, 0.5) is 11.4 Å². The smallest absolute Gasteiger partial charge is 0.121 e. The molecule has 0 amide bonds. The fourth-order valence-corrected chi connectivity index (χ4v) is 2.72. The van der Waals surface area contributed by atoms with Crippen molar-refractivity contribution in [3.63, 3.8) is 0 Å². The minimum atomic E-state index is 0.762. The Morgan fingerprint density at radius 3 is 2.15 bits per heavy atom. The molecule has 148 valence electrons. The van der Waals surface area contributed by atoms with E-state index in [2.05, 4.69) is 48.7 Å². The largest absolute Gasteiger partial charge is 0.494 e. The summed E-state index contributed by atoms with van der Waals surface area (Å²) in [6.07, 6.45) is 5.93. The summed E-state index contributed by atoms with van der Waals surface area (Å²) < 4.78 is 11.4. The van der Waals surface area contributed by atoms with Crippen molar-refractivity contribution in [1.29, 1.82) is 0 Å². The highest BCUT2D eigenvalue weighted by Gasteiger charge is 1.98. The van der Waals surface area contributed by atoms with Crippen LogP contribution in [0.25, 0.3) is 0 Å². The highest BCUT2D eigenvalue weighted by Crippen LogP contribution is 2.18. The van der Waals surface area contributed by atoms with Gasteiger partial charge in [-0.3, -0.25) is 0 Å². The van der Waals surface area contributed by atoms with E-state index < -0.39 is 0 Å². The fourth-order valence-electron chi connectivity index (χ4n) is 2.72. The molecule has 2 aromatic rings. The molecule has 27 heavy (non-hydrogen) atoms. The van der Waals surface area contributed by atoms with E-state index in [1.54, 1.807) is 0 Å². The summed E-state index contributed by atoms with van der Waals surface area (Å²) in [5, 5.41) is 6.86. The minimum Gasteiger partial charge on any atom is -0.494 e. The zero-order chi connectivity index (χ0) is 19.2. The van der Waals surface area contributed by atoms with Gasteiger partial charge < -0.3 is 20.1 Å². The lowest BCUT2D eigenvalue weighted by Gasteiger charge is -2.11. The van der Waals surface area contributed by atoms with Crippen LogP contribution in [0.5, 0.6) is 11.5 Å². The maximum atomic E-state index is 5.84. The number of ether oxygens (including phenoxy) is 2. The average molecular weight is 371 g/mol. The summed E-state index contributed by atoms with van der Waals surface area (Å²) in [5.41, 5.74) is 2.19.